The first-order valence-corrected chi connectivity index (χ1v) is 9.02. The Kier molecular flexibility index (Phi) is 4.35. The SMILES string of the molecule is Cc1ccc(-c2nc3c[n+](CC(N)=O)ccn3c2Nc2c(C)cccc2C)o1. The molecule has 28 heavy (non-hydrogen) atoms. The number of furan rings is 1. The maximum absolute atomic E-state index is 11.3. The van der Waals surface area contributed by atoms with Gasteiger partial charge < -0.3 is 15.5 Å². The van der Waals surface area contributed by atoms with Crippen LogP contribution in [0.15, 0.2) is 53.3 Å². The monoisotopic (exact) mass is 376 g/mol. The second kappa shape index (κ2) is 6.84. The second-order valence-electron chi connectivity index (χ2n) is 6.91. The van der Waals surface area contributed by atoms with Crippen LogP contribution in [0.25, 0.3) is 17.1 Å². The third-order valence-electron chi connectivity index (χ3n) is 4.66. The zero-order valence-corrected chi connectivity index (χ0v) is 16.1. The van der Waals surface area contributed by atoms with Gasteiger partial charge in [-0.2, -0.15) is 4.57 Å². The fourth-order valence-corrected chi connectivity index (χ4v) is 3.30. The molecule has 0 aliphatic carbocycles. The van der Waals surface area contributed by atoms with Crippen LogP contribution >= 0.6 is 0 Å². The van der Waals surface area contributed by atoms with Crippen molar-refractivity contribution in [2.75, 3.05) is 5.32 Å². The van der Waals surface area contributed by atoms with E-state index in [0.29, 0.717) is 17.1 Å². The molecule has 4 rings (SSSR count). The predicted molar refractivity (Wildman–Crippen MR) is 106 cm³/mol. The Hall–Kier alpha value is -3.61. The van der Waals surface area contributed by atoms with E-state index in [-0.39, 0.29) is 6.54 Å². The first-order valence-electron chi connectivity index (χ1n) is 9.02. The summed E-state index contributed by atoms with van der Waals surface area (Å²) >= 11 is 0. The summed E-state index contributed by atoms with van der Waals surface area (Å²) in [7, 11) is 0. The molecule has 0 aliphatic rings. The number of para-hydroxylation sites is 1. The molecule has 3 aromatic heterocycles. The van der Waals surface area contributed by atoms with Crippen molar-refractivity contribution in [2.24, 2.45) is 5.73 Å². The van der Waals surface area contributed by atoms with Crippen LogP contribution in [0, 0.1) is 20.8 Å². The third kappa shape index (κ3) is 3.22. The minimum atomic E-state index is -0.406. The molecule has 0 unspecified atom stereocenters. The molecule has 0 saturated carbocycles. The molecule has 3 N–H and O–H groups in total. The van der Waals surface area contributed by atoms with Gasteiger partial charge in [0.1, 0.15) is 17.3 Å². The molecule has 4 aromatic rings. The van der Waals surface area contributed by atoms with Crippen molar-refractivity contribution in [3.8, 4) is 11.5 Å². The average Bonchev–Trinajstić information content (AvgIpc) is 3.21. The summed E-state index contributed by atoms with van der Waals surface area (Å²) in [5, 5.41) is 3.54. The number of nitrogens with two attached hydrogens (primary N) is 1. The van der Waals surface area contributed by atoms with E-state index in [1.807, 2.05) is 35.7 Å². The first-order chi connectivity index (χ1) is 13.4. The summed E-state index contributed by atoms with van der Waals surface area (Å²) in [5.74, 6) is 1.88. The molecule has 0 fully saturated rings. The van der Waals surface area contributed by atoms with Gasteiger partial charge in [-0.15, -0.1) is 0 Å². The lowest BCUT2D eigenvalue weighted by atomic mass is 10.1. The van der Waals surface area contributed by atoms with Gasteiger partial charge in [0, 0.05) is 5.69 Å². The lowest BCUT2D eigenvalue weighted by molar-refractivity contribution is -0.683. The number of benzene rings is 1. The zero-order chi connectivity index (χ0) is 19.8. The van der Waals surface area contributed by atoms with Gasteiger partial charge >= 0.3 is 0 Å². The lowest BCUT2D eigenvalue weighted by Gasteiger charge is -2.13. The van der Waals surface area contributed by atoms with Crippen LogP contribution in [-0.2, 0) is 11.3 Å². The van der Waals surface area contributed by atoms with Crippen molar-refractivity contribution in [2.45, 2.75) is 27.3 Å². The maximum Gasteiger partial charge on any atom is 0.283 e. The van der Waals surface area contributed by atoms with Gasteiger partial charge in [-0.1, -0.05) is 18.2 Å². The van der Waals surface area contributed by atoms with E-state index in [9.17, 15) is 4.79 Å². The fraction of sp³-hybridized carbons (Fsp3) is 0.190. The first kappa shape index (κ1) is 17.8. The highest BCUT2D eigenvalue weighted by atomic mass is 16.3. The second-order valence-corrected chi connectivity index (χ2v) is 6.91. The molecule has 3 heterocycles. The molecule has 7 nitrogen and oxygen atoms in total. The Labute approximate surface area is 162 Å². The molecule has 0 aliphatic heterocycles. The number of aryl methyl sites for hydroxylation is 3. The number of primary amides is 1. The van der Waals surface area contributed by atoms with E-state index in [0.717, 1.165) is 28.4 Å². The van der Waals surface area contributed by atoms with Crippen molar-refractivity contribution in [3.05, 3.63) is 65.8 Å². The molecule has 142 valence electrons. The Morgan fingerprint density at radius 1 is 1.21 bits per heavy atom. The van der Waals surface area contributed by atoms with Gasteiger partial charge in [-0.25, -0.2) is 4.98 Å². The van der Waals surface area contributed by atoms with Crippen LogP contribution in [0.1, 0.15) is 16.9 Å². The molecule has 0 bridgehead atoms. The van der Waals surface area contributed by atoms with Crippen LogP contribution in [0.3, 0.4) is 0 Å². The Morgan fingerprint density at radius 2 is 1.96 bits per heavy atom. The molecule has 7 heteroatoms. The molecule has 0 atom stereocenters. The van der Waals surface area contributed by atoms with Crippen molar-refractivity contribution in [1.29, 1.82) is 0 Å². The smallest absolute Gasteiger partial charge is 0.283 e. The van der Waals surface area contributed by atoms with Crippen molar-refractivity contribution in [3.63, 3.8) is 0 Å². The van der Waals surface area contributed by atoms with Crippen molar-refractivity contribution >= 4 is 23.1 Å². The van der Waals surface area contributed by atoms with Crippen LogP contribution in [-0.4, -0.2) is 15.3 Å². The molecule has 1 aromatic carbocycles. The number of nitrogens with one attached hydrogen (secondary N) is 1. The summed E-state index contributed by atoms with van der Waals surface area (Å²) in [6, 6.07) is 9.99. The molecule has 0 saturated heterocycles. The number of nitrogens with zero attached hydrogens (tertiary/aromatic N) is 3. The Bertz CT molecular complexity index is 1170. The van der Waals surface area contributed by atoms with Crippen LogP contribution < -0.4 is 15.6 Å². The number of fused-ring (bicyclic) bond motifs is 1. The van der Waals surface area contributed by atoms with E-state index in [4.69, 9.17) is 15.1 Å². The highest BCUT2D eigenvalue weighted by molar-refractivity contribution is 5.79. The largest absolute Gasteiger partial charge is 0.460 e. The van der Waals surface area contributed by atoms with E-state index < -0.39 is 5.91 Å². The maximum atomic E-state index is 11.3. The summed E-state index contributed by atoms with van der Waals surface area (Å²) in [6.45, 7) is 6.13. The standard InChI is InChI=1S/C21H21N5O2/c1-13-5-4-6-14(2)19(13)24-21-20(16-8-7-15(3)28-16)23-18-12-25(11-17(22)27)9-10-26(18)21/h4-10,12H,11H2,1-3H3,(H2,22,27)/p+1. The highest BCUT2D eigenvalue weighted by Crippen LogP contribution is 2.33. The van der Waals surface area contributed by atoms with Crippen molar-refractivity contribution in [1.82, 2.24) is 9.38 Å². The fourth-order valence-electron chi connectivity index (χ4n) is 3.30. The number of amides is 1. The number of rotatable bonds is 5. The third-order valence-corrected chi connectivity index (χ3v) is 4.66. The van der Waals surface area contributed by atoms with Gasteiger partial charge in [0.2, 0.25) is 18.4 Å². The highest BCUT2D eigenvalue weighted by Gasteiger charge is 2.20. The summed E-state index contributed by atoms with van der Waals surface area (Å²) in [6.07, 6.45) is 5.45. The number of aromatic nitrogens is 3. The minimum absolute atomic E-state index is 0.0955. The summed E-state index contributed by atoms with van der Waals surface area (Å²) in [5.41, 5.74) is 10.0. The Morgan fingerprint density at radius 3 is 2.61 bits per heavy atom. The zero-order valence-electron chi connectivity index (χ0n) is 16.1. The molecule has 0 radical (unpaired) electrons. The van der Waals surface area contributed by atoms with Crippen molar-refractivity contribution < 1.29 is 13.8 Å². The average molecular weight is 376 g/mol. The normalized spacial score (nSPS) is 11.1. The summed E-state index contributed by atoms with van der Waals surface area (Å²) in [4.78, 5) is 16.0. The van der Waals surface area contributed by atoms with Gasteiger partial charge in [0.05, 0.1) is 6.20 Å². The predicted octanol–water partition coefficient (Wildman–Crippen LogP) is 3.04. The minimum Gasteiger partial charge on any atom is -0.460 e. The number of carbonyl (C=O) groups excluding carboxylic acids is 1. The number of hydrogen-bond donors (Lipinski definition) is 2. The van der Waals surface area contributed by atoms with Crippen LogP contribution in [0.2, 0.25) is 0 Å². The number of anilines is 2. The lowest BCUT2D eigenvalue weighted by Crippen LogP contribution is -2.40. The molecular weight excluding hydrogens is 354 g/mol. The van der Waals surface area contributed by atoms with E-state index in [2.05, 4.69) is 31.3 Å². The van der Waals surface area contributed by atoms with E-state index in [1.165, 1.54) is 0 Å². The molecule has 0 spiro atoms. The van der Waals surface area contributed by atoms with Gasteiger partial charge in [0.15, 0.2) is 12.0 Å². The number of carbonyl (C=O) groups is 1. The summed E-state index contributed by atoms with van der Waals surface area (Å²) < 4.78 is 9.49. The van der Waals surface area contributed by atoms with E-state index in [1.54, 1.807) is 17.0 Å². The number of imidazole rings is 1. The van der Waals surface area contributed by atoms with E-state index >= 15 is 0 Å². The quantitative estimate of drug-likeness (QED) is 0.524. The van der Waals surface area contributed by atoms with Crippen LogP contribution in [0.4, 0.5) is 11.5 Å². The van der Waals surface area contributed by atoms with Gasteiger partial charge in [-0.3, -0.25) is 9.20 Å². The number of hydrogen-bond acceptors (Lipinski definition) is 4. The topological polar surface area (TPSA) is 89.4 Å². The van der Waals surface area contributed by atoms with Gasteiger partial charge in [-0.05, 0) is 44.0 Å². The molecular formula is C21H22N5O2+. The van der Waals surface area contributed by atoms with Crippen LogP contribution in [0.5, 0.6) is 0 Å². The molecule has 1 amide bonds. The Balaban J connectivity index is 1.90. The van der Waals surface area contributed by atoms with Gasteiger partial charge in [0.25, 0.3) is 5.91 Å².